The number of nitrogens with two attached hydrogens (primary N) is 1. The lowest BCUT2D eigenvalue weighted by Gasteiger charge is -2.02. The van der Waals surface area contributed by atoms with Crippen LogP contribution in [0.15, 0.2) is 18.2 Å². The van der Waals surface area contributed by atoms with E-state index in [0.29, 0.717) is 11.5 Å². The summed E-state index contributed by atoms with van der Waals surface area (Å²) in [5.74, 6) is 0.958. The standard InChI is InChI=1S/C13H15NO4S2/c1-2-20(15,16)12-10(11(12)13(14)19)7-3-4-8-9(5-7)18-6-17-8/h3-5,10-12H,2,6H2,1H3,(H2,14,19)/t10-,11-,12+/m0/s1. The maximum absolute atomic E-state index is 12.1. The summed E-state index contributed by atoms with van der Waals surface area (Å²) in [5, 5.41) is -0.509. The average Bonchev–Trinajstić information content (AvgIpc) is 3.02. The van der Waals surface area contributed by atoms with Crippen LogP contribution in [-0.2, 0) is 9.84 Å². The van der Waals surface area contributed by atoms with Crippen molar-refractivity contribution in [2.24, 2.45) is 11.7 Å². The molecule has 0 amide bonds. The van der Waals surface area contributed by atoms with Crippen LogP contribution in [0, 0.1) is 5.92 Å². The second kappa shape index (κ2) is 4.60. The Morgan fingerprint density at radius 3 is 2.75 bits per heavy atom. The van der Waals surface area contributed by atoms with Gasteiger partial charge in [-0.05, 0) is 17.7 Å². The maximum Gasteiger partial charge on any atom is 0.231 e. The number of sulfone groups is 1. The molecule has 0 unspecified atom stereocenters. The minimum absolute atomic E-state index is 0.0951. The first-order valence-electron chi connectivity index (χ1n) is 6.36. The summed E-state index contributed by atoms with van der Waals surface area (Å²) in [6.45, 7) is 1.83. The molecular formula is C13H15NO4S2. The van der Waals surface area contributed by atoms with Gasteiger partial charge in [0.15, 0.2) is 21.3 Å². The average molecular weight is 313 g/mol. The van der Waals surface area contributed by atoms with E-state index in [1.165, 1.54) is 0 Å². The molecule has 108 valence electrons. The zero-order chi connectivity index (χ0) is 14.5. The second-order valence-corrected chi connectivity index (χ2v) is 7.90. The van der Waals surface area contributed by atoms with E-state index in [2.05, 4.69) is 0 Å². The van der Waals surface area contributed by atoms with E-state index in [1.54, 1.807) is 13.0 Å². The summed E-state index contributed by atoms with van der Waals surface area (Å²) >= 11 is 5.01. The zero-order valence-electron chi connectivity index (χ0n) is 10.9. The molecule has 0 radical (unpaired) electrons. The molecule has 1 aromatic rings. The molecule has 1 fully saturated rings. The van der Waals surface area contributed by atoms with E-state index in [9.17, 15) is 8.42 Å². The van der Waals surface area contributed by atoms with Gasteiger partial charge in [-0.15, -0.1) is 0 Å². The second-order valence-electron chi connectivity index (χ2n) is 4.98. The smallest absolute Gasteiger partial charge is 0.231 e. The Balaban J connectivity index is 1.95. The predicted octanol–water partition coefficient (Wildman–Crippen LogP) is 1.22. The largest absolute Gasteiger partial charge is 0.454 e. The Labute approximate surface area is 123 Å². The van der Waals surface area contributed by atoms with Crippen molar-refractivity contribution in [1.29, 1.82) is 0 Å². The molecule has 0 aromatic heterocycles. The van der Waals surface area contributed by atoms with Crippen LogP contribution in [0.5, 0.6) is 11.5 Å². The normalized spacial score (nSPS) is 27.4. The van der Waals surface area contributed by atoms with Crippen LogP contribution in [0.3, 0.4) is 0 Å². The molecule has 1 heterocycles. The number of benzene rings is 1. The van der Waals surface area contributed by atoms with Gasteiger partial charge in [0.25, 0.3) is 0 Å². The summed E-state index contributed by atoms with van der Waals surface area (Å²) < 4.78 is 34.8. The first-order chi connectivity index (χ1) is 9.45. The van der Waals surface area contributed by atoms with Crippen LogP contribution in [0.1, 0.15) is 18.4 Å². The van der Waals surface area contributed by atoms with Gasteiger partial charge in [0, 0.05) is 17.6 Å². The summed E-state index contributed by atoms with van der Waals surface area (Å²) in [4.78, 5) is 0.259. The molecule has 3 rings (SSSR count). The third kappa shape index (κ3) is 2.05. The quantitative estimate of drug-likeness (QED) is 0.842. The van der Waals surface area contributed by atoms with Crippen LogP contribution < -0.4 is 15.2 Å². The fourth-order valence-electron chi connectivity index (χ4n) is 2.78. The number of hydrogen-bond acceptors (Lipinski definition) is 5. The molecule has 0 bridgehead atoms. The molecular weight excluding hydrogens is 298 g/mol. The minimum atomic E-state index is -3.17. The van der Waals surface area contributed by atoms with Gasteiger partial charge in [0.2, 0.25) is 6.79 Å². The van der Waals surface area contributed by atoms with E-state index in [1.807, 2.05) is 12.1 Å². The van der Waals surface area contributed by atoms with Crippen molar-refractivity contribution in [2.75, 3.05) is 12.5 Å². The lowest BCUT2D eigenvalue weighted by molar-refractivity contribution is 0.174. The Kier molecular flexibility index (Phi) is 3.13. The summed E-state index contributed by atoms with van der Waals surface area (Å²) in [5.41, 5.74) is 6.57. The fraction of sp³-hybridized carbons (Fsp3) is 0.462. The molecule has 3 atom stereocenters. The van der Waals surface area contributed by atoms with Gasteiger partial charge in [-0.1, -0.05) is 25.2 Å². The lowest BCUT2D eigenvalue weighted by Crippen LogP contribution is -2.18. The Morgan fingerprint density at radius 2 is 2.10 bits per heavy atom. The number of rotatable bonds is 4. The van der Waals surface area contributed by atoms with Gasteiger partial charge in [-0.3, -0.25) is 0 Å². The minimum Gasteiger partial charge on any atom is -0.454 e. The Morgan fingerprint density at radius 1 is 1.40 bits per heavy atom. The van der Waals surface area contributed by atoms with Crippen molar-refractivity contribution in [2.45, 2.75) is 18.1 Å². The predicted molar refractivity (Wildman–Crippen MR) is 78.8 cm³/mol. The number of ether oxygens (including phenoxy) is 2. The molecule has 1 aliphatic carbocycles. The highest BCUT2D eigenvalue weighted by atomic mass is 32.2. The first kappa shape index (κ1) is 13.6. The van der Waals surface area contributed by atoms with Crippen LogP contribution in [0.4, 0.5) is 0 Å². The van der Waals surface area contributed by atoms with Crippen LogP contribution in [-0.4, -0.2) is 31.2 Å². The van der Waals surface area contributed by atoms with Crippen LogP contribution in [0.25, 0.3) is 0 Å². The number of thiocarbonyl (C=S) groups is 1. The van der Waals surface area contributed by atoms with Gasteiger partial charge >= 0.3 is 0 Å². The molecule has 2 aliphatic rings. The monoisotopic (exact) mass is 313 g/mol. The van der Waals surface area contributed by atoms with Crippen molar-refractivity contribution >= 4 is 27.0 Å². The first-order valence-corrected chi connectivity index (χ1v) is 8.48. The zero-order valence-corrected chi connectivity index (χ0v) is 12.5. The van der Waals surface area contributed by atoms with Crippen molar-refractivity contribution in [3.8, 4) is 11.5 Å². The Bertz CT molecular complexity index is 671. The molecule has 7 heteroatoms. The molecule has 5 nitrogen and oxygen atoms in total. The molecule has 1 aromatic carbocycles. The summed E-state index contributed by atoms with van der Waals surface area (Å²) in [6, 6.07) is 5.47. The van der Waals surface area contributed by atoms with E-state index in [-0.39, 0.29) is 29.4 Å². The van der Waals surface area contributed by atoms with Gasteiger partial charge < -0.3 is 15.2 Å². The third-order valence-electron chi connectivity index (χ3n) is 3.88. The summed E-state index contributed by atoms with van der Waals surface area (Å²) in [7, 11) is -3.17. The fourth-order valence-corrected chi connectivity index (χ4v) is 4.99. The van der Waals surface area contributed by atoms with Gasteiger partial charge in [0.05, 0.1) is 10.2 Å². The van der Waals surface area contributed by atoms with Crippen LogP contribution in [0.2, 0.25) is 0 Å². The van der Waals surface area contributed by atoms with Gasteiger partial charge in [-0.2, -0.15) is 0 Å². The van der Waals surface area contributed by atoms with E-state index in [4.69, 9.17) is 27.4 Å². The molecule has 20 heavy (non-hydrogen) atoms. The molecule has 0 spiro atoms. The van der Waals surface area contributed by atoms with Crippen molar-refractivity contribution in [3.63, 3.8) is 0 Å². The number of hydrogen-bond donors (Lipinski definition) is 1. The van der Waals surface area contributed by atoms with E-state index < -0.39 is 15.1 Å². The van der Waals surface area contributed by atoms with Crippen LogP contribution >= 0.6 is 12.2 Å². The van der Waals surface area contributed by atoms with E-state index >= 15 is 0 Å². The van der Waals surface area contributed by atoms with Gasteiger partial charge in [-0.25, -0.2) is 8.42 Å². The van der Waals surface area contributed by atoms with Crippen molar-refractivity contribution < 1.29 is 17.9 Å². The topological polar surface area (TPSA) is 78.6 Å². The SMILES string of the molecule is CCS(=O)(=O)[C@H]1[C@@H](C(N)=S)[C@@H]1c1ccc2c(c1)OCO2. The molecule has 0 saturated heterocycles. The molecule has 1 saturated carbocycles. The van der Waals surface area contributed by atoms with Crippen molar-refractivity contribution in [3.05, 3.63) is 23.8 Å². The highest BCUT2D eigenvalue weighted by Crippen LogP contribution is 2.54. The van der Waals surface area contributed by atoms with Gasteiger partial charge in [0.1, 0.15) is 0 Å². The van der Waals surface area contributed by atoms with Crippen molar-refractivity contribution in [1.82, 2.24) is 0 Å². The van der Waals surface area contributed by atoms with E-state index in [0.717, 1.165) is 5.56 Å². The lowest BCUT2D eigenvalue weighted by atomic mass is 10.1. The molecule has 2 N–H and O–H groups in total. The molecule has 1 aliphatic heterocycles. The highest BCUT2D eigenvalue weighted by molar-refractivity contribution is 7.92. The third-order valence-corrected chi connectivity index (χ3v) is 6.37. The number of fused-ring (bicyclic) bond motifs is 1. The summed E-state index contributed by atoms with van der Waals surface area (Å²) in [6.07, 6.45) is 0. The maximum atomic E-state index is 12.1. The Hall–Kier alpha value is -1.34. The highest BCUT2D eigenvalue weighted by Gasteiger charge is 2.59.